The second-order valence-electron chi connectivity index (χ2n) is 4.14. The molecule has 0 amide bonds. The van der Waals surface area contributed by atoms with Gasteiger partial charge in [-0.3, -0.25) is 0 Å². The Morgan fingerprint density at radius 3 is 3.13 bits per heavy atom. The van der Waals surface area contributed by atoms with Gasteiger partial charge in [0.15, 0.2) is 0 Å². The molecule has 76 valence electrons. The van der Waals surface area contributed by atoms with E-state index in [2.05, 4.69) is 19.1 Å². The van der Waals surface area contributed by atoms with E-state index in [-0.39, 0.29) is 0 Å². The molecule has 2 aromatic rings. The van der Waals surface area contributed by atoms with Crippen LogP contribution in [0.2, 0.25) is 0 Å². The second kappa shape index (κ2) is 2.89. The zero-order valence-electron chi connectivity index (χ0n) is 8.66. The molecule has 2 nitrogen and oxygen atoms in total. The molecule has 0 radical (unpaired) electrons. The van der Waals surface area contributed by atoms with Crippen LogP contribution in [0.5, 0.6) is 0 Å². The van der Waals surface area contributed by atoms with E-state index < -0.39 is 0 Å². The molecule has 0 bridgehead atoms. The minimum absolute atomic E-state index is 0.455. The lowest BCUT2D eigenvalue weighted by molar-refractivity contribution is 0.504. The Hall–Kier alpha value is -1.70. The molecule has 0 saturated carbocycles. The van der Waals surface area contributed by atoms with Crippen LogP contribution in [0.3, 0.4) is 0 Å². The summed E-state index contributed by atoms with van der Waals surface area (Å²) in [6.07, 6.45) is 5.36. The lowest BCUT2D eigenvalue weighted by Crippen LogP contribution is -1.96. The normalized spacial score (nSPS) is 19.4. The maximum absolute atomic E-state index is 5.98. The highest BCUT2D eigenvalue weighted by Crippen LogP contribution is 2.38. The number of benzene rings is 1. The Morgan fingerprint density at radius 2 is 2.27 bits per heavy atom. The zero-order valence-corrected chi connectivity index (χ0v) is 8.66. The number of hydrogen-bond donors (Lipinski definition) is 1. The summed E-state index contributed by atoms with van der Waals surface area (Å²) in [7, 11) is 0. The zero-order chi connectivity index (χ0) is 10.4. The lowest BCUT2D eigenvalue weighted by Gasteiger charge is -2.11. The minimum atomic E-state index is 0.455. The van der Waals surface area contributed by atoms with Gasteiger partial charge >= 0.3 is 0 Å². The molecule has 15 heavy (non-hydrogen) atoms. The summed E-state index contributed by atoms with van der Waals surface area (Å²) in [4.78, 5) is 0. The topological polar surface area (TPSA) is 39.2 Å². The van der Waals surface area contributed by atoms with Gasteiger partial charge in [-0.15, -0.1) is 0 Å². The van der Waals surface area contributed by atoms with E-state index in [0.29, 0.717) is 5.92 Å². The van der Waals surface area contributed by atoms with Crippen LogP contribution in [-0.2, 0) is 0 Å². The molecule has 1 aliphatic carbocycles. The van der Waals surface area contributed by atoms with Crippen molar-refractivity contribution in [1.29, 1.82) is 0 Å². The van der Waals surface area contributed by atoms with E-state index in [9.17, 15) is 0 Å². The molecule has 2 N–H and O–H groups in total. The number of rotatable bonds is 0. The minimum Gasteiger partial charge on any atom is -0.460 e. The van der Waals surface area contributed by atoms with Crippen LogP contribution in [0.25, 0.3) is 17.0 Å². The summed E-state index contributed by atoms with van der Waals surface area (Å²) in [5.74, 6) is 1.53. The molecule has 0 spiro atoms. The van der Waals surface area contributed by atoms with Crippen molar-refractivity contribution in [2.75, 3.05) is 5.73 Å². The van der Waals surface area contributed by atoms with E-state index in [1.54, 1.807) is 0 Å². The summed E-state index contributed by atoms with van der Waals surface area (Å²) in [5.41, 5.74) is 8.85. The third-order valence-electron chi connectivity index (χ3n) is 3.03. The summed E-state index contributed by atoms with van der Waals surface area (Å²) < 4.78 is 5.85. The van der Waals surface area contributed by atoms with Gasteiger partial charge in [-0.1, -0.05) is 25.1 Å². The van der Waals surface area contributed by atoms with Crippen LogP contribution in [0.1, 0.15) is 30.6 Å². The molecule has 1 aromatic carbocycles. The summed E-state index contributed by atoms with van der Waals surface area (Å²) in [5, 5.41) is 1.07. The van der Waals surface area contributed by atoms with Gasteiger partial charge in [0.25, 0.3) is 0 Å². The van der Waals surface area contributed by atoms with E-state index in [0.717, 1.165) is 28.8 Å². The average Bonchev–Trinajstić information content (AvgIpc) is 2.59. The quantitative estimate of drug-likeness (QED) is 0.659. The molecule has 1 unspecified atom stereocenters. The second-order valence-corrected chi connectivity index (χ2v) is 4.14. The first-order valence-electron chi connectivity index (χ1n) is 5.25. The van der Waals surface area contributed by atoms with Crippen molar-refractivity contribution in [1.82, 2.24) is 0 Å². The SMILES string of the molecule is CC1CC=Cc2c1oc1cccc(N)c21. The fraction of sp³-hybridized carbons (Fsp3) is 0.231. The Morgan fingerprint density at radius 1 is 1.40 bits per heavy atom. The fourth-order valence-corrected chi connectivity index (χ4v) is 2.25. The van der Waals surface area contributed by atoms with Crippen molar-refractivity contribution < 1.29 is 4.42 Å². The van der Waals surface area contributed by atoms with Gasteiger partial charge in [-0.05, 0) is 18.6 Å². The smallest absolute Gasteiger partial charge is 0.137 e. The number of nitrogens with two attached hydrogens (primary N) is 1. The first-order valence-corrected chi connectivity index (χ1v) is 5.25. The van der Waals surface area contributed by atoms with Gasteiger partial charge in [0.1, 0.15) is 11.3 Å². The van der Waals surface area contributed by atoms with Crippen molar-refractivity contribution in [3.63, 3.8) is 0 Å². The number of hydrogen-bond acceptors (Lipinski definition) is 2. The van der Waals surface area contributed by atoms with Crippen molar-refractivity contribution in [2.45, 2.75) is 19.3 Å². The third-order valence-corrected chi connectivity index (χ3v) is 3.03. The number of nitrogen functional groups attached to an aromatic ring is 1. The highest BCUT2D eigenvalue weighted by atomic mass is 16.3. The highest BCUT2D eigenvalue weighted by Gasteiger charge is 2.21. The van der Waals surface area contributed by atoms with Crippen LogP contribution >= 0.6 is 0 Å². The largest absolute Gasteiger partial charge is 0.460 e. The number of fused-ring (bicyclic) bond motifs is 3. The summed E-state index contributed by atoms with van der Waals surface area (Å²) in [6.45, 7) is 2.18. The lowest BCUT2D eigenvalue weighted by atomic mass is 9.94. The van der Waals surface area contributed by atoms with Gasteiger partial charge in [0.2, 0.25) is 0 Å². The molecular formula is C13H13NO. The maximum atomic E-state index is 5.98. The fourth-order valence-electron chi connectivity index (χ4n) is 2.25. The predicted octanol–water partition coefficient (Wildman–Crippen LogP) is 3.54. The van der Waals surface area contributed by atoms with Crippen molar-refractivity contribution in [3.8, 4) is 0 Å². The summed E-state index contributed by atoms with van der Waals surface area (Å²) >= 11 is 0. The van der Waals surface area contributed by atoms with Crippen LogP contribution in [0.4, 0.5) is 5.69 Å². The van der Waals surface area contributed by atoms with Crippen LogP contribution in [0.15, 0.2) is 28.7 Å². The first-order chi connectivity index (χ1) is 7.27. The molecule has 1 heterocycles. The van der Waals surface area contributed by atoms with E-state index in [1.165, 1.54) is 5.56 Å². The Balaban J connectivity index is 2.43. The predicted molar refractivity (Wildman–Crippen MR) is 62.7 cm³/mol. The Kier molecular flexibility index (Phi) is 1.66. The van der Waals surface area contributed by atoms with Gasteiger partial charge in [0, 0.05) is 17.2 Å². The van der Waals surface area contributed by atoms with Crippen LogP contribution < -0.4 is 5.73 Å². The van der Waals surface area contributed by atoms with Crippen molar-refractivity contribution >= 4 is 22.7 Å². The van der Waals surface area contributed by atoms with Crippen molar-refractivity contribution in [2.24, 2.45) is 0 Å². The van der Waals surface area contributed by atoms with Crippen LogP contribution in [0, 0.1) is 0 Å². The van der Waals surface area contributed by atoms with Gasteiger partial charge in [-0.25, -0.2) is 0 Å². The third kappa shape index (κ3) is 1.11. The van der Waals surface area contributed by atoms with Crippen LogP contribution in [-0.4, -0.2) is 0 Å². The Labute approximate surface area is 88.4 Å². The molecule has 2 heteroatoms. The highest BCUT2D eigenvalue weighted by molar-refractivity contribution is 5.98. The van der Waals surface area contributed by atoms with Gasteiger partial charge in [0.05, 0.1) is 5.39 Å². The number of furan rings is 1. The molecule has 1 atom stereocenters. The molecule has 1 aliphatic rings. The average molecular weight is 199 g/mol. The van der Waals surface area contributed by atoms with E-state index in [1.807, 2.05) is 18.2 Å². The standard InChI is InChI=1S/C13H13NO/c1-8-4-2-5-9-12-10(14)6-3-7-11(12)15-13(8)9/h2-3,5-8H,4,14H2,1H3. The maximum Gasteiger partial charge on any atom is 0.137 e. The summed E-state index contributed by atoms with van der Waals surface area (Å²) in [6, 6.07) is 5.83. The molecule has 3 rings (SSSR count). The molecule has 0 saturated heterocycles. The molecule has 1 aromatic heterocycles. The number of anilines is 1. The number of allylic oxidation sites excluding steroid dienone is 1. The molecular weight excluding hydrogens is 186 g/mol. The van der Waals surface area contributed by atoms with Gasteiger partial charge < -0.3 is 10.2 Å². The molecule has 0 fully saturated rings. The van der Waals surface area contributed by atoms with Crippen molar-refractivity contribution in [3.05, 3.63) is 35.6 Å². The molecule has 0 aliphatic heterocycles. The monoisotopic (exact) mass is 199 g/mol. The first kappa shape index (κ1) is 8.60. The Bertz CT molecular complexity index is 551. The van der Waals surface area contributed by atoms with E-state index in [4.69, 9.17) is 10.2 Å². The van der Waals surface area contributed by atoms with Gasteiger partial charge in [-0.2, -0.15) is 0 Å². The van der Waals surface area contributed by atoms with E-state index >= 15 is 0 Å².